The molecule has 18 heavy (non-hydrogen) atoms. The Kier molecular flexibility index (Phi) is 2.78. The molecule has 0 saturated carbocycles. The maximum atomic E-state index is 5.96. The standard InChI is InChI=1S/C13H9ClN4/c14-12-11-8-17-18(13(11)16-9-15-12)7-6-10-4-2-1-3-5-10/h1-9H/b7-6-. The van der Waals surface area contributed by atoms with Crippen molar-refractivity contribution in [3.63, 3.8) is 0 Å². The first-order valence-corrected chi connectivity index (χ1v) is 5.79. The van der Waals surface area contributed by atoms with E-state index in [0.29, 0.717) is 10.8 Å². The minimum atomic E-state index is 0.416. The topological polar surface area (TPSA) is 43.6 Å². The van der Waals surface area contributed by atoms with Gasteiger partial charge in [0, 0.05) is 6.20 Å². The number of nitrogens with zero attached hydrogens (tertiary/aromatic N) is 4. The third kappa shape index (κ3) is 1.98. The summed E-state index contributed by atoms with van der Waals surface area (Å²) in [5, 5.41) is 5.38. The molecule has 5 heteroatoms. The summed E-state index contributed by atoms with van der Waals surface area (Å²) < 4.78 is 1.68. The van der Waals surface area contributed by atoms with Crippen molar-refractivity contribution in [3.8, 4) is 0 Å². The molecule has 0 aliphatic carbocycles. The minimum absolute atomic E-state index is 0.416. The van der Waals surface area contributed by atoms with Crippen LogP contribution >= 0.6 is 11.6 Å². The van der Waals surface area contributed by atoms with Crippen molar-refractivity contribution in [2.45, 2.75) is 0 Å². The fourth-order valence-electron chi connectivity index (χ4n) is 1.66. The molecule has 0 spiro atoms. The van der Waals surface area contributed by atoms with Gasteiger partial charge >= 0.3 is 0 Å². The van der Waals surface area contributed by atoms with Crippen LogP contribution in [0.25, 0.3) is 23.3 Å². The molecule has 2 aromatic heterocycles. The van der Waals surface area contributed by atoms with Crippen LogP contribution in [0.4, 0.5) is 0 Å². The van der Waals surface area contributed by atoms with E-state index in [1.54, 1.807) is 10.9 Å². The van der Waals surface area contributed by atoms with Crippen molar-refractivity contribution in [3.05, 3.63) is 53.6 Å². The molecular formula is C13H9ClN4. The molecule has 0 amide bonds. The zero-order valence-corrected chi connectivity index (χ0v) is 10.1. The summed E-state index contributed by atoms with van der Waals surface area (Å²) in [6, 6.07) is 9.99. The molecule has 0 atom stereocenters. The molecule has 0 saturated heterocycles. The lowest BCUT2D eigenvalue weighted by atomic mass is 10.2. The number of halogens is 1. The number of fused-ring (bicyclic) bond motifs is 1. The molecule has 0 radical (unpaired) electrons. The highest BCUT2D eigenvalue weighted by molar-refractivity contribution is 6.33. The second-order valence-corrected chi connectivity index (χ2v) is 4.08. The van der Waals surface area contributed by atoms with E-state index in [4.69, 9.17) is 11.6 Å². The van der Waals surface area contributed by atoms with E-state index in [9.17, 15) is 0 Å². The summed E-state index contributed by atoms with van der Waals surface area (Å²) in [5.41, 5.74) is 1.79. The number of benzene rings is 1. The Labute approximate surface area is 109 Å². The molecule has 0 fully saturated rings. The van der Waals surface area contributed by atoms with Gasteiger partial charge in [0.05, 0.1) is 11.6 Å². The highest BCUT2D eigenvalue weighted by Gasteiger charge is 2.05. The summed E-state index contributed by atoms with van der Waals surface area (Å²) in [6.07, 6.45) is 6.90. The largest absolute Gasteiger partial charge is 0.224 e. The van der Waals surface area contributed by atoms with Crippen molar-refractivity contribution in [2.24, 2.45) is 0 Å². The van der Waals surface area contributed by atoms with Crippen molar-refractivity contribution >= 4 is 34.9 Å². The zero-order valence-electron chi connectivity index (χ0n) is 9.36. The fourth-order valence-corrected chi connectivity index (χ4v) is 1.84. The third-order valence-electron chi connectivity index (χ3n) is 2.55. The summed E-state index contributed by atoms with van der Waals surface area (Å²) in [4.78, 5) is 8.08. The van der Waals surface area contributed by atoms with E-state index in [2.05, 4.69) is 15.1 Å². The number of hydrogen-bond acceptors (Lipinski definition) is 3. The molecule has 3 aromatic rings. The van der Waals surface area contributed by atoms with E-state index in [0.717, 1.165) is 10.9 Å². The maximum absolute atomic E-state index is 5.96. The first kappa shape index (κ1) is 10.9. The second-order valence-electron chi connectivity index (χ2n) is 3.72. The van der Waals surface area contributed by atoms with Gasteiger partial charge in [-0.05, 0) is 11.6 Å². The zero-order chi connectivity index (χ0) is 12.4. The molecule has 0 aliphatic rings. The Morgan fingerprint density at radius 1 is 1.11 bits per heavy atom. The lowest BCUT2D eigenvalue weighted by Gasteiger charge is -1.95. The number of hydrogen-bond donors (Lipinski definition) is 0. The summed E-state index contributed by atoms with van der Waals surface area (Å²) in [5.74, 6) is 0. The van der Waals surface area contributed by atoms with Gasteiger partial charge in [0.25, 0.3) is 0 Å². The van der Waals surface area contributed by atoms with E-state index in [1.165, 1.54) is 6.33 Å². The van der Waals surface area contributed by atoms with Crippen LogP contribution in [0.1, 0.15) is 5.56 Å². The summed E-state index contributed by atoms with van der Waals surface area (Å²) in [7, 11) is 0. The molecule has 88 valence electrons. The van der Waals surface area contributed by atoms with Crippen LogP contribution in [0.15, 0.2) is 42.9 Å². The van der Waals surface area contributed by atoms with E-state index < -0.39 is 0 Å². The summed E-state index contributed by atoms with van der Waals surface area (Å²) in [6.45, 7) is 0. The van der Waals surface area contributed by atoms with Crippen LogP contribution in [-0.2, 0) is 0 Å². The monoisotopic (exact) mass is 256 g/mol. The van der Waals surface area contributed by atoms with Crippen molar-refractivity contribution in [1.82, 2.24) is 19.7 Å². The first-order valence-electron chi connectivity index (χ1n) is 5.41. The molecule has 2 heterocycles. The van der Waals surface area contributed by atoms with Crippen LogP contribution in [0, 0.1) is 0 Å². The molecular weight excluding hydrogens is 248 g/mol. The Hall–Kier alpha value is -2.20. The van der Waals surface area contributed by atoms with Gasteiger partial charge in [-0.2, -0.15) is 5.10 Å². The highest BCUT2D eigenvalue weighted by atomic mass is 35.5. The normalized spacial score (nSPS) is 11.4. The lowest BCUT2D eigenvalue weighted by molar-refractivity contribution is 0.950. The molecule has 0 unspecified atom stereocenters. The van der Waals surface area contributed by atoms with Crippen LogP contribution in [0.2, 0.25) is 5.15 Å². The van der Waals surface area contributed by atoms with Gasteiger partial charge in [0.2, 0.25) is 0 Å². The van der Waals surface area contributed by atoms with Gasteiger partial charge in [-0.25, -0.2) is 14.6 Å². The fraction of sp³-hybridized carbons (Fsp3) is 0. The molecule has 4 nitrogen and oxygen atoms in total. The van der Waals surface area contributed by atoms with Crippen molar-refractivity contribution in [1.29, 1.82) is 0 Å². The van der Waals surface area contributed by atoms with Gasteiger partial charge in [0.15, 0.2) is 5.65 Å². The summed E-state index contributed by atoms with van der Waals surface area (Å²) >= 11 is 5.96. The van der Waals surface area contributed by atoms with Gasteiger partial charge in [-0.3, -0.25) is 0 Å². The maximum Gasteiger partial charge on any atom is 0.167 e. The number of aromatic nitrogens is 4. The molecule has 1 aromatic carbocycles. The Bertz CT molecular complexity index is 703. The van der Waals surface area contributed by atoms with Crippen LogP contribution in [0.5, 0.6) is 0 Å². The van der Waals surface area contributed by atoms with Crippen LogP contribution < -0.4 is 0 Å². The quantitative estimate of drug-likeness (QED) is 0.662. The molecule has 0 bridgehead atoms. The van der Waals surface area contributed by atoms with Crippen molar-refractivity contribution < 1.29 is 0 Å². The second kappa shape index (κ2) is 4.58. The lowest BCUT2D eigenvalue weighted by Crippen LogP contribution is -1.91. The van der Waals surface area contributed by atoms with Gasteiger partial charge < -0.3 is 0 Å². The van der Waals surface area contributed by atoms with E-state index >= 15 is 0 Å². The van der Waals surface area contributed by atoms with Gasteiger partial charge in [-0.1, -0.05) is 41.9 Å². The molecule has 0 N–H and O–H groups in total. The predicted molar refractivity (Wildman–Crippen MR) is 72.0 cm³/mol. The van der Waals surface area contributed by atoms with Crippen molar-refractivity contribution in [2.75, 3.05) is 0 Å². The Morgan fingerprint density at radius 3 is 2.78 bits per heavy atom. The average Bonchev–Trinajstić information content (AvgIpc) is 2.82. The highest BCUT2D eigenvalue weighted by Crippen LogP contribution is 2.18. The molecule has 0 aliphatic heterocycles. The van der Waals surface area contributed by atoms with E-state index in [1.807, 2.05) is 42.6 Å². The minimum Gasteiger partial charge on any atom is -0.224 e. The Morgan fingerprint density at radius 2 is 1.94 bits per heavy atom. The van der Waals surface area contributed by atoms with Crippen LogP contribution in [0.3, 0.4) is 0 Å². The van der Waals surface area contributed by atoms with E-state index in [-0.39, 0.29) is 0 Å². The molecule has 3 rings (SSSR count). The van der Waals surface area contributed by atoms with Crippen LogP contribution in [-0.4, -0.2) is 19.7 Å². The average molecular weight is 257 g/mol. The SMILES string of the molecule is Clc1ncnc2c1cnn2/C=C\c1ccccc1. The smallest absolute Gasteiger partial charge is 0.167 e. The third-order valence-corrected chi connectivity index (χ3v) is 2.85. The Balaban J connectivity index is 2.01. The number of rotatable bonds is 2. The van der Waals surface area contributed by atoms with Gasteiger partial charge in [0.1, 0.15) is 11.5 Å². The predicted octanol–water partition coefficient (Wildman–Crippen LogP) is 3.11. The first-order chi connectivity index (χ1) is 8.84. The van der Waals surface area contributed by atoms with Gasteiger partial charge in [-0.15, -0.1) is 0 Å².